The lowest BCUT2D eigenvalue weighted by Crippen LogP contribution is -2.31. The summed E-state index contributed by atoms with van der Waals surface area (Å²) in [5, 5.41) is 0. The predicted octanol–water partition coefficient (Wildman–Crippen LogP) is 1.57. The molecule has 0 atom stereocenters. The number of primary amides is 2. The molecule has 2 amide bonds. The zero-order chi connectivity index (χ0) is 19.5. The fraction of sp³-hybridized carbons (Fsp3) is 0.556. The second-order valence-corrected chi connectivity index (χ2v) is 8.50. The van der Waals surface area contributed by atoms with Crippen molar-refractivity contribution in [3.63, 3.8) is 0 Å². The van der Waals surface area contributed by atoms with Crippen LogP contribution < -0.4 is 11.5 Å². The Morgan fingerprint density at radius 2 is 1.54 bits per heavy atom. The third-order valence-corrected chi connectivity index (χ3v) is 6.66. The maximum absolute atomic E-state index is 13.2. The van der Waals surface area contributed by atoms with Crippen LogP contribution in [0.4, 0.5) is 0 Å². The molecular formula is C18H27N3O4S. The molecule has 2 rings (SSSR count). The Hall–Kier alpha value is -1.93. The Labute approximate surface area is 154 Å². The van der Waals surface area contributed by atoms with Crippen molar-refractivity contribution in [2.45, 2.75) is 57.3 Å². The van der Waals surface area contributed by atoms with Crippen LogP contribution in [0.5, 0.6) is 0 Å². The second-order valence-electron chi connectivity index (χ2n) is 6.59. The summed E-state index contributed by atoms with van der Waals surface area (Å²) in [4.78, 5) is 24.2. The summed E-state index contributed by atoms with van der Waals surface area (Å²) in [7, 11) is -3.82. The molecule has 1 aromatic carbocycles. The highest BCUT2D eigenvalue weighted by Gasteiger charge is 2.33. The third-order valence-electron chi connectivity index (χ3n) is 4.70. The van der Waals surface area contributed by atoms with Gasteiger partial charge in [0.2, 0.25) is 21.8 Å². The summed E-state index contributed by atoms with van der Waals surface area (Å²) in [5.41, 5.74) is 12.2. The molecule has 1 aliphatic heterocycles. The Morgan fingerprint density at radius 1 is 1.00 bits per heavy atom. The zero-order valence-corrected chi connectivity index (χ0v) is 16.2. The van der Waals surface area contributed by atoms with Gasteiger partial charge in [0.25, 0.3) is 0 Å². The van der Waals surface area contributed by atoms with Crippen molar-refractivity contribution in [3.8, 4) is 0 Å². The van der Waals surface area contributed by atoms with E-state index < -0.39 is 21.8 Å². The first kappa shape index (κ1) is 20.4. The summed E-state index contributed by atoms with van der Waals surface area (Å²) in [6.07, 6.45) is 3.71. The van der Waals surface area contributed by atoms with Crippen LogP contribution in [0.2, 0.25) is 0 Å². The summed E-state index contributed by atoms with van der Waals surface area (Å²) in [6.45, 7) is 4.67. The van der Waals surface area contributed by atoms with Gasteiger partial charge >= 0.3 is 0 Å². The Kier molecular flexibility index (Phi) is 6.41. The first-order valence-corrected chi connectivity index (χ1v) is 10.5. The van der Waals surface area contributed by atoms with Gasteiger partial charge in [-0.05, 0) is 42.9 Å². The number of sulfonamides is 1. The highest BCUT2D eigenvalue weighted by atomic mass is 32.2. The summed E-state index contributed by atoms with van der Waals surface area (Å²) in [6, 6.07) is 1.35. The molecule has 1 aromatic rings. The van der Waals surface area contributed by atoms with Gasteiger partial charge in [0.05, 0.1) is 4.90 Å². The van der Waals surface area contributed by atoms with Gasteiger partial charge in [0, 0.05) is 24.2 Å². The van der Waals surface area contributed by atoms with Crippen LogP contribution in [0.25, 0.3) is 0 Å². The van der Waals surface area contributed by atoms with E-state index in [1.807, 2.05) is 13.8 Å². The lowest BCUT2D eigenvalue weighted by atomic mass is 9.90. The highest BCUT2D eigenvalue weighted by molar-refractivity contribution is 7.89. The first-order chi connectivity index (χ1) is 12.3. The number of amides is 2. The topological polar surface area (TPSA) is 124 Å². The van der Waals surface area contributed by atoms with Crippen molar-refractivity contribution in [1.82, 2.24) is 4.31 Å². The van der Waals surface area contributed by atoms with E-state index >= 15 is 0 Å². The van der Waals surface area contributed by atoms with Crippen molar-refractivity contribution in [3.05, 3.63) is 28.3 Å². The summed E-state index contributed by atoms with van der Waals surface area (Å²) in [5.74, 6) is -1.48. The molecule has 1 heterocycles. The van der Waals surface area contributed by atoms with E-state index in [4.69, 9.17) is 11.5 Å². The monoisotopic (exact) mass is 381 g/mol. The van der Waals surface area contributed by atoms with Crippen LogP contribution >= 0.6 is 0 Å². The molecular weight excluding hydrogens is 354 g/mol. The zero-order valence-electron chi connectivity index (χ0n) is 15.4. The van der Waals surface area contributed by atoms with Crippen molar-refractivity contribution >= 4 is 21.8 Å². The smallest absolute Gasteiger partial charge is 0.249 e. The van der Waals surface area contributed by atoms with Crippen LogP contribution in [0.1, 0.15) is 71.4 Å². The number of nitrogens with zero attached hydrogens (tertiary/aromatic N) is 1. The van der Waals surface area contributed by atoms with Crippen LogP contribution in [0.15, 0.2) is 11.0 Å². The van der Waals surface area contributed by atoms with Gasteiger partial charge in [0.1, 0.15) is 0 Å². The van der Waals surface area contributed by atoms with E-state index in [0.29, 0.717) is 49.9 Å². The maximum Gasteiger partial charge on any atom is 0.249 e. The second kappa shape index (κ2) is 8.18. The van der Waals surface area contributed by atoms with Crippen molar-refractivity contribution in [1.29, 1.82) is 0 Å². The number of hydrogen-bond donors (Lipinski definition) is 2. The van der Waals surface area contributed by atoms with E-state index in [9.17, 15) is 18.0 Å². The number of benzene rings is 1. The average molecular weight is 381 g/mol. The lowest BCUT2D eigenvalue weighted by Gasteiger charge is -2.23. The standard InChI is InChI=1S/C18H27N3O4S/c1-3-7-12-14(17(19)22)11-15(13(8-4-2)16(12)18(20)23)26(24,25)21-9-5-6-10-21/h11H,3-10H2,1-2H3,(H2,19,22)(H2,20,23). The van der Waals surface area contributed by atoms with E-state index in [1.54, 1.807) is 0 Å². The van der Waals surface area contributed by atoms with Crippen LogP contribution in [-0.4, -0.2) is 37.6 Å². The number of carbonyl (C=O) groups excluding carboxylic acids is 2. The molecule has 0 bridgehead atoms. The molecule has 1 aliphatic rings. The van der Waals surface area contributed by atoms with E-state index in [0.717, 1.165) is 12.8 Å². The minimum atomic E-state index is -3.82. The fourth-order valence-corrected chi connectivity index (χ4v) is 5.37. The lowest BCUT2D eigenvalue weighted by molar-refractivity contribution is 0.0998. The Balaban J connectivity index is 2.86. The molecule has 8 heteroatoms. The van der Waals surface area contributed by atoms with E-state index in [1.165, 1.54) is 10.4 Å². The molecule has 1 saturated heterocycles. The molecule has 0 saturated carbocycles. The Bertz CT molecular complexity index is 812. The number of hydrogen-bond acceptors (Lipinski definition) is 4. The number of rotatable bonds is 8. The minimum absolute atomic E-state index is 0.0105. The molecule has 1 fully saturated rings. The Morgan fingerprint density at radius 3 is 2.00 bits per heavy atom. The molecule has 0 aromatic heterocycles. The van der Waals surface area contributed by atoms with Crippen LogP contribution in [-0.2, 0) is 22.9 Å². The van der Waals surface area contributed by atoms with Crippen molar-refractivity contribution in [2.75, 3.05) is 13.1 Å². The number of nitrogens with two attached hydrogens (primary N) is 2. The molecule has 4 N–H and O–H groups in total. The van der Waals surface area contributed by atoms with Crippen molar-refractivity contribution in [2.24, 2.45) is 11.5 Å². The van der Waals surface area contributed by atoms with Gasteiger partial charge in [-0.3, -0.25) is 9.59 Å². The molecule has 0 spiro atoms. The molecule has 0 aliphatic carbocycles. The quantitative estimate of drug-likeness (QED) is 0.709. The highest BCUT2D eigenvalue weighted by Crippen LogP contribution is 2.32. The summed E-state index contributed by atoms with van der Waals surface area (Å²) >= 11 is 0. The predicted molar refractivity (Wildman–Crippen MR) is 99.5 cm³/mol. The van der Waals surface area contributed by atoms with E-state index in [2.05, 4.69) is 0 Å². The molecule has 7 nitrogen and oxygen atoms in total. The van der Waals surface area contributed by atoms with Gasteiger partial charge in [-0.25, -0.2) is 8.42 Å². The largest absolute Gasteiger partial charge is 0.366 e. The number of carbonyl (C=O) groups is 2. The van der Waals surface area contributed by atoms with Crippen LogP contribution in [0, 0.1) is 0 Å². The van der Waals surface area contributed by atoms with E-state index in [-0.39, 0.29) is 16.0 Å². The molecule has 26 heavy (non-hydrogen) atoms. The third kappa shape index (κ3) is 3.76. The molecule has 0 radical (unpaired) electrons. The van der Waals surface area contributed by atoms with Gasteiger partial charge in [-0.1, -0.05) is 26.7 Å². The minimum Gasteiger partial charge on any atom is -0.366 e. The fourth-order valence-electron chi connectivity index (χ4n) is 3.57. The maximum atomic E-state index is 13.2. The van der Waals surface area contributed by atoms with Crippen molar-refractivity contribution < 1.29 is 18.0 Å². The summed E-state index contributed by atoms with van der Waals surface area (Å²) < 4.78 is 27.7. The SMILES string of the molecule is CCCc1c(C(N)=O)cc(S(=O)(=O)N2CCCC2)c(CCC)c1C(N)=O. The molecule has 0 unspecified atom stereocenters. The van der Waals surface area contributed by atoms with Gasteiger partial charge in [0.15, 0.2) is 0 Å². The average Bonchev–Trinajstić information content (AvgIpc) is 3.10. The molecule has 144 valence electrons. The first-order valence-electron chi connectivity index (χ1n) is 9.04. The van der Waals surface area contributed by atoms with Gasteiger partial charge in [-0.2, -0.15) is 4.31 Å². The normalized spacial score (nSPS) is 15.3. The van der Waals surface area contributed by atoms with Gasteiger partial charge < -0.3 is 11.5 Å². The van der Waals surface area contributed by atoms with Crippen LogP contribution in [0.3, 0.4) is 0 Å². The van der Waals surface area contributed by atoms with Gasteiger partial charge in [-0.15, -0.1) is 0 Å².